The number of aromatic nitrogens is 1. The van der Waals surface area contributed by atoms with Gasteiger partial charge < -0.3 is 10.1 Å². The average molecular weight is 248 g/mol. The molecular weight excluding hydrogens is 232 g/mol. The van der Waals surface area contributed by atoms with Gasteiger partial charge >= 0.3 is 0 Å². The van der Waals surface area contributed by atoms with Crippen LogP contribution in [0.1, 0.15) is 23.5 Å². The van der Waals surface area contributed by atoms with E-state index in [1.54, 1.807) is 24.6 Å². The molecule has 1 N–H and O–H groups in total. The molecule has 0 fully saturated rings. The van der Waals surface area contributed by atoms with E-state index in [9.17, 15) is 0 Å². The van der Waals surface area contributed by atoms with Crippen LogP contribution >= 0.6 is 11.3 Å². The zero-order chi connectivity index (χ0) is 12.1. The summed E-state index contributed by atoms with van der Waals surface area (Å²) in [5.41, 5.74) is 0.944. The summed E-state index contributed by atoms with van der Waals surface area (Å²) in [7, 11) is 1.68. The van der Waals surface area contributed by atoms with Crippen molar-refractivity contribution in [3.8, 4) is 5.75 Å². The van der Waals surface area contributed by atoms with Crippen LogP contribution < -0.4 is 10.1 Å². The second kappa shape index (κ2) is 5.80. The minimum absolute atomic E-state index is 0.108. The zero-order valence-electron chi connectivity index (χ0n) is 10.0. The predicted octanol–water partition coefficient (Wildman–Crippen LogP) is 2.85. The van der Waals surface area contributed by atoms with E-state index in [0.29, 0.717) is 0 Å². The molecule has 4 heteroatoms. The maximum absolute atomic E-state index is 5.37. The lowest BCUT2D eigenvalue weighted by atomic mass is 10.1. The number of pyridine rings is 1. The first-order valence-corrected chi connectivity index (χ1v) is 6.50. The van der Waals surface area contributed by atoms with E-state index in [4.69, 9.17) is 4.74 Å². The van der Waals surface area contributed by atoms with Crippen molar-refractivity contribution >= 4 is 11.3 Å². The minimum atomic E-state index is 0.108. The summed E-state index contributed by atoms with van der Waals surface area (Å²) in [4.78, 5) is 5.70. The Morgan fingerprint density at radius 3 is 2.94 bits per heavy atom. The molecule has 0 aliphatic carbocycles. The van der Waals surface area contributed by atoms with Gasteiger partial charge in [-0.25, -0.2) is 0 Å². The summed E-state index contributed by atoms with van der Waals surface area (Å²) >= 11 is 1.73. The van der Waals surface area contributed by atoms with Gasteiger partial charge in [0.05, 0.1) is 13.2 Å². The van der Waals surface area contributed by atoms with Gasteiger partial charge in [0, 0.05) is 11.1 Å². The average Bonchev–Trinajstić information content (AvgIpc) is 2.89. The number of hydrogen-bond acceptors (Lipinski definition) is 4. The highest BCUT2D eigenvalue weighted by Crippen LogP contribution is 2.30. The Morgan fingerprint density at radius 2 is 2.29 bits per heavy atom. The second-order valence-corrected chi connectivity index (χ2v) is 4.58. The van der Waals surface area contributed by atoms with E-state index in [1.807, 2.05) is 12.1 Å². The Kier molecular flexibility index (Phi) is 4.12. The Balaban J connectivity index is 2.39. The standard InChI is InChI=1S/C13H16N2OS/c1-3-14-13(11-7-5-9-17-11)12-10(16-2)6-4-8-15-12/h4-9,13-14H,3H2,1-2H3. The molecule has 0 saturated carbocycles. The van der Waals surface area contributed by atoms with Gasteiger partial charge in [0.25, 0.3) is 0 Å². The van der Waals surface area contributed by atoms with Gasteiger partial charge in [0.2, 0.25) is 0 Å². The molecule has 0 amide bonds. The summed E-state index contributed by atoms with van der Waals surface area (Å²) in [6.07, 6.45) is 1.80. The molecule has 2 heterocycles. The third-order valence-corrected chi connectivity index (χ3v) is 3.47. The lowest BCUT2D eigenvalue weighted by Crippen LogP contribution is -2.22. The fourth-order valence-corrected chi connectivity index (χ4v) is 2.59. The summed E-state index contributed by atoms with van der Waals surface area (Å²) < 4.78 is 5.37. The highest BCUT2D eigenvalue weighted by atomic mass is 32.1. The van der Waals surface area contributed by atoms with Crippen molar-refractivity contribution in [2.24, 2.45) is 0 Å². The third-order valence-electron chi connectivity index (χ3n) is 2.53. The van der Waals surface area contributed by atoms with Crippen LogP contribution in [0, 0.1) is 0 Å². The van der Waals surface area contributed by atoms with Crippen LogP contribution in [0.25, 0.3) is 0 Å². The molecule has 0 bridgehead atoms. The topological polar surface area (TPSA) is 34.2 Å². The first-order valence-electron chi connectivity index (χ1n) is 5.62. The van der Waals surface area contributed by atoms with Gasteiger partial charge in [-0.1, -0.05) is 13.0 Å². The first kappa shape index (κ1) is 12.1. The first-order chi connectivity index (χ1) is 8.36. The molecule has 1 atom stereocenters. The Hall–Kier alpha value is -1.39. The normalized spacial score (nSPS) is 12.4. The van der Waals surface area contributed by atoms with Crippen LogP contribution in [0.3, 0.4) is 0 Å². The summed E-state index contributed by atoms with van der Waals surface area (Å²) in [6, 6.07) is 8.11. The van der Waals surface area contributed by atoms with Gasteiger partial charge in [0.15, 0.2) is 0 Å². The minimum Gasteiger partial charge on any atom is -0.495 e. The number of thiophene rings is 1. The van der Waals surface area contributed by atoms with Crippen molar-refractivity contribution in [3.05, 3.63) is 46.4 Å². The van der Waals surface area contributed by atoms with Gasteiger partial charge in [-0.05, 0) is 30.1 Å². The number of methoxy groups -OCH3 is 1. The van der Waals surface area contributed by atoms with E-state index in [0.717, 1.165) is 18.0 Å². The van der Waals surface area contributed by atoms with Crippen molar-refractivity contribution in [2.75, 3.05) is 13.7 Å². The number of hydrogen-bond donors (Lipinski definition) is 1. The van der Waals surface area contributed by atoms with Gasteiger partial charge in [-0.3, -0.25) is 4.98 Å². The Bertz CT molecular complexity index is 456. The van der Waals surface area contributed by atoms with Crippen LogP contribution in [-0.4, -0.2) is 18.6 Å². The fourth-order valence-electron chi connectivity index (χ4n) is 1.78. The van der Waals surface area contributed by atoms with E-state index >= 15 is 0 Å². The van der Waals surface area contributed by atoms with Crippen LogP contribution in [0.5, 0.6) is 5.75 Å². The second-order valence-electron chi connectivity index (χ2n) is 3.60. The molecule has 2 aromatic heterocycles. The molecular formula is C13H16N2OS. The van der Waals surface area contributed by atoms with Crippen LogP contribution in [0.15, 0.2) is 35.8 Å². The predicted molar refractivity (Wildman–Crippen MR) is 70.6 cm³/mol. The number of ether oxygens (including phenoxy) is 1. The fraction of sp³-hybridized carbons (Fsp3) is 0.308. The number of nitrogens with zero attached hydrogens (tertiary/aromatic N) is 1. The number of rotatable bonds is 5. The van der Waals surface area contributed by atoms with Crippen molar-refractivity contribution in [2.45, 2.75) is 13.0 Å². The maximum Gasteiger partial charge on any atom is 0.142 e. The molecule has 2 rings (SSSR count). The lowest BCUT2D eigenvalue weighted by molar-refractivity contribution is 0.401. The summed E-state index contributed by atoms with van der Waals surface area (Å²) in [5.74, 6) is 0.826. The van der Waals surface area contributed by atoms with Crippen molar-refractivity contribution in [1.82, 2.24) is 10.3 Å². The largest absolute Gasteiger partial charge is 0.495 e. The highest BCUT2D eigenvalue weighted by Gasteiger charge is 2.19. The molecule has 0 aromatic carbocycles. The van der Waals surface area contributed by atoms with E-state index < -0.39 is 0 Å². The number of nitrogens with one attached hydrogen (secondary N) is 1. The molecule has 3 nitrogen and oxygen atoms in total. The molecule has 90 valence electrons. The zero-order valence-corrected chi connectivity index (χ0v) is 10.8. The Morgan fingerprint density at radius 1 is 1.41 bits per heavy atom. The Labute approximate surface area is 105 Å². The highest BCUT2D eigenvalue weighted by molar-refractivity contribution is 7.10. The van der Waals surface area contributed by atoms with Gasteiger partial charge in [-0.15, -0.1) is 11.3 Å². The third kappa shape index (κ3) is 2.65. The molecule has 0 spiro atoms. The summed E-state index contributed by atoms with van der Waals surface area (Å²) in [6.45, 7) is 2.98. The van der Waals surface area contributed by atoms with Crippen molar-refractivity contribution < 1.29 is 4.74 Å². The molecule has 0 aliphatic heterocycles. The van der Waals surface area contributed by atoms with E-state index in [2.05, 4.69) is 34.7 Å². The van der Waals surface area contributed by atoms with E-state index in [1.165, 1.54) is 4.88 Å². The van der Waals surface area contributed by atoms with Crippen LogP contribution in [-0.2, 0) is 0 Å². The monoisotopic (exact) mass is 248 g/mol. The van der Waals surface area contributed by atoms with E-state index in [-0.39, 0.29) is 6.04 Å². The van der Waals surface area contributed by atoms with Crippen molar-refractivity contribution in [1.29, 1.82) is 0 Å². The molecule has 17 heavy (non-hydrogen) atoms. The van der Waals surface area contributed by atoms with Crippen LogP contribution in [0.4, 0.5) is 0 Å². The smallest absolute Gasteiger partial charge is 0.142 e. The molecule has 2 aromatic rings. The van der Waals surface area contributed by atoms with Crippen molar-refractivity contribution in [3.63, 3.8) is 0 Å². The summed E-state index contributed by atoms with van der Waals surface area (Å²) in [5, 5.41) is 5.52. The SMILES string of the molecule is CCNC(c1cccs1)c1ncccc1OC. The van der Waals surface area contributed by atoms with Gasteiger partial charge in [0.1, 0.15) is 11.4 Å². The van der Waals surface area contributed by atoms with Gasteiger partial charge in [-0.2, -0.15) is 0 Å². The maximum atomic E-state index is 5.37. The lowest BCUT2D eigenvalue weighted by Gasteiger charge is -2.18. The van der Waals surface area contributed by atoms with Crippen LogP contribution in [0.2, 0.25) is 0 Å². The quantitative estimate of drug-likeness (QED) is 0.883. The molecule has 0 aliphatic rings. The molecule has 1 unspecified atom stereocenters. The molecule has 0 saturated heterocycles. The molecule has 0 radical (unpaired) electrons.